The highest BCUT2D eigenvalue weighted by molar-refractivity contribution is 6.31. The molecule has 0 amide bonds. The molecule has 0 bridgehead atoms. The van der Waals surface area contributed by atoms with E-state index in [-0.39, 0.29) is 0 Å². The molecule has 3 heteroatoms. The molecular weight excluding hydrogens is 469 g/mol. The second-order valence-electron chi connectivity index (χ2n) is 7.78. The Morgan fingerprint density at radius 3 is 1.83 bits per heavy atom. The fraction of sp³-hybridized carbons (Fsp3) is 0.125. The quantitative estimate of drug-likeness (QED) is 0.286. The Hall–Kier alpha value is -3.26. The van der Waals surface area contributed by atoms with Crippen molar-refractivity contribution in [3.63, 3.8) is 0 Å². The van der Waals surface area contributed by atoms with Crippen LogP contribution in [0, 0.1) is 13.8 Å². The molecule has 4 aromatic carbocycles. The summed E-state index contributed by atoms with van der Waals surface area (Å²) in [7, 11) is 0. The van der Waals surface area contributed by atoms with Crippen LogP contribution in [0.3, 0.4) is 0 Å². The normalized spacial score (nSPS) is 9.66. The number of benzene rings is 4. The molecule has 1 N–H and O–H groups in total. The third-order valence-electron chi connectivity index (χ3n) is 5.13. The summed E-state index contributed by atoms with van der Waals surface area (Å²) in [6.45, 7) is 16.3. The highest BCUT2D eigenvalue weighted by atomic mass is 35.5. The third kappa shape index (κ3) is 8.79. The van der Waals surface area contributed by atoms with Crippen molar-refractivity contribution in [2.45, 2.75) is 27.7 Å². The molecule has 0 aromatic heterocycles. The van der Waals surface area contributed by atoms with E-state index in [1.54, 1.807) is 0 Å². The Balaban J connectivity index is 0.000000363. The van der Waals surface area contributed by atoms with Gasteiger partial charge in [0.1, 0.15) is 0 Å². The summed E-state index contributed by atoms with van der Waals surface area (Å²) in [6, 6.07) is 30.0. The number of nitrogens with one attached hydrogen (secondary N) is 1. The first-order valence-electron chi connectivity index (χ1n) is 11.6. The molecule has 0 aliphatic carbocycles. The van der Waals surface area contributed by atoms with Crippen LogP contribution in [0.15, 0.2) is 104 Å². The molecule has 0 heterocycles. The number of halogens is 2. The van der Waals surface area contributed by atoms with Gasteiger partial charge in [-0.25, -0.2) is 0 Å². The van der Waals surface area contributed by atoms with Crippen LogP contribution in [0.1, 0.15) is 41.7 Å². The second-order valence-corrected chi connectivity index (χ2v) is 8.65. The van der Waals surface area contributed by atoms with Crippen molar-refractivity contribution in [1.82, 2.24) is 0 Å². The van der Waals surface area contributed by atoms with Crippen LogP contribution in [-0.4, -0.2) is 0 Å². The first-order valence-corrected chi connectivity index (χ1v) is 12.4. The van der Waals surface area contributed by atoms with Gasteiger partial charge in [-0.2, -0.15) is 0 Å². The van der Waals surface area contributed by atoms with Crippen molar-refractivity contribution in [3.05, 3.63) is 142 Å². The third-order valence-corrected chi connectivity index (χ3v) is 5.62. The Bertz CT molecular complexity index is 1220. The van der Waals surface area contributed by atoms with Crippen LogP contribution in [0.2, 0.25) is 10.0 Å². The smallest absolute Gasteiger partial charge is 0.0458 e. The molecule has 0 aliphatic rings. The minimum absolute atomic E-state index is 0.703. The molecule has 0 radical (unpaired) electrons. The molecule has 0 saturated carbocycles. The maximum atomic E-state index is 6.06. The highest BCUT2D eigenvalue weighted by Crippen LogP contribution is 2.29. The Kier molecular flexibility index (Phi) is 11.4. The van der Waals surface area contributed by atoms with Crippen LogP contribution in [0.25, 0.3) is 11.6 Å². The van der Waals surface area contributed by atoms with Crippen molar-refractivity contribution in [2.24, 2.45) is 0 Å². The maximum absolute atomic E-state index is 6.06. The fourth-order valence-electron chi connectivity index (χ4n) is 3.21. The average Bonchev–Trinajstić information content (AvgIpc) is 2.88. The van der Waals surface area contributed by atoms with Crippen LogP contribution < -0.4 is 5.32 Å². The van der Waals surface area contributed by atoms with Crippen LogP contribution >= 0.6 is 23.2 Å². The largest absolute Gasteiger partial charge is 0.355 e. The van der Waals surface area contributed by atoms with Gasteiger partial charge in [0.2, 0.25) is 0 Å². The summed E-state index contributed by atoms with van der Waals surface area (Å²) < 4.78 is 0. The summed E-state index contributed by atoms with van der Waals surface area (Å²) in [5.41, 5.74) is 8.63. The lowest BCUT2D eigenvalue weighted by Gasteiger charge is -2.13. The lowest BCUT2D eigenvalue weighted by molar-refractivity contribution is 1.44. The van der Waals surface area contributed by atoms with E-state index in [4.69, 9.17) is 23.2 Å². The summed E-state index contributed by atoms with van der Waals surface area (Å²) in [4.78, 5) is 0. The zero-order valence-corrected chi connectivity index (χ0v) is 22.4. The van der Waals surface area contributed by atoms with Gasteiger partial charge in [0.25, 0.3) is 0 Å². The van der Waals surface area contributed by atoms with E-state index in [9.17, 15) is 0 Å². The van der Waals surface area contributed by atoms with E-state index in [1.807, 2.05) is 81.4 Å². The molecule has 0 atom stereocenters. The molecule has 1 nitrogen and oxygen atoms in total. The first-order chi connectivity index (χ1) is 16.9. The van der Waals surface area contributed by atoms with E-state index in [0.29, 0.717) is 5.02 Å². The van der Waals surface area contributed by atoms with Gasteiger partial charge in [-0.05, 0) is 78.6 Å². The molecule has 4 aromatic rings. The maximum Gasteiger partial charge on any atom is 0.0458 e. The van der Waals surface area contributed by atoms with Gasteiger partial charge >= 0.3 is 0 Å². The summed E-state index contributed by atoms with van der Waals surface area (Å²) >= 11 is 11.7. The molecule has 0 spiro atoms. The minimum atomic E-state index is 0.703. The molecule has 180 valence electrons. The molecule has 35 heavy (non-hydrogen) atoms. The van der Waals surface area contributed by atoms with Crippen molar-refractivity contribution in [1.29, 1.82) is 0 Å². The van der Waals surface area contributed by atoms with Crippen molar-refractivity contribution in [2.75, 3.05) is 5.32 Å². The fourth-order valence-corrected chi connectivity index (χ4v) is 3.53. The standard InChI is InChI=1S/C23H20ClN.C7H7Cl.C2H6/c1-4-18-14-20(17(3)19-10-8-16(2)9-11-19)12-13-23(18)25-22-7-5-6-21(24)15-22;1-6-2-4-7(8)5-3-6;1-2/h4-15,25H,1,3H2,2H3;2-5H,1H3;1-2H3. The zero-order chi connectivity index (χ0) is 25.8. The number of hydrogen-bond donors (Lipinski definition) is 1. The van der Waals surface area contributed by atoms with E-state index in [2.05, 4.69) is 61.8 Å². The summed E-state index contributed by atoms with van der Waals surface area (Å²) in [5, 5.41) is 4.90. The van der Waals surface area contributed by atoms with E-state index in [0.717, 1.165) is 38.7 Å². The second kappa shape index (κ2) is 14.2. The molecule has 0 aliphatic heterocycles. The van der Waals surface area contributed by atoms with E-state index >= 15 is 0 Å². The van der Waals surface area contributed by atoms with Gasteiger partial charge in [0.15, 0.2) is 0 Å². The van der Waals surface area contributed by atoms with E-state index < -0.39 is 0 Å². The SMILES string of the molecule is C=Cc1cc(C(=C)c2ccc(C)cc2)ccc1Nc1cccc(Cl)c1.CC.Cc1ccc(Cl)cc1. The van der Waals surface area contributed by atoms with Crippen LogP contribution in [0.4, 0.5) is 11.4 Å². The van der Waals surface area contributed by atoms with Gasteiger partial charge in [0, 0.05) is 21.4 Å². The summed E-state index contributed by atoms with van der Waals surface area (Å²) in [5.74, 6) is 0. The molecule has 0 unspecified atom stereocenters. The number of hydrogen-bond acceptors (Lipinski definition) is 1. The topological polar surface area (TPSA) is 12.0 Å². The molecule has 0 fully saturated rings. The number of rotatable bonds is 5. The van der Waals surface area contributed by atoms with Crippen molar-refractivity contribution in [3.8, 4) is 0 Å². The van der Waals surface area contributed by atoms with Gasteiger partial charge in [0.05, 0.1) is 0 Å². The van der Waals surface area contributed by atoms with Gasteiger partial charge < -0.3 is 5.32 Å². The van der Waals surface area contributed by atoms with Crippen molar-refractivity contribution >= 4 is 46.2 Å². The number of aryl methyl sites for hydroxylation is 2. The van der Waals surface area contributed by atoms with Crippen LogP contribution in [-0.2, 0) is 0 Å². The molecule has 4 rings (SSSR count). The Morgan fingerprint density at radius 2 is 1.29 bits per heavy atom. The number of anilines is 2. The van der Waals surface area contributed by atoms with E-state index in [1.165, 1.54) is 11.1 Å². The summed E-state index contributed by atoms with van der Waals surface area (Å²) in [6.07, 6.45) is 1.85. The predicted molar refractivity (Wildman–Crippen MR) is 158 cm³/mol. The van der Waals surface area contributed by atoms with Gasteiger partial charge in [-0.1, -0.05) is 116 Å². The average molecular weight is 503 g/mol. The molecular formula is C32H33Cl2N. The lowest BCUT2D eigenvalue weighted by Crippen LogP contribution is -1.95. The van der Waals surface area contributed by atoms with Gasteiger partial charge in [-0.3, -0.25) is 0 Å². The van der Waals surface area contributed by atoms with Crippen LogP contribution in [0.5, 0.6) is 0 Å². The Labute approximate surface area is 220 Å². The predicted octanol–water partition coefficient (Wildman–Crippen LogP) is 10.8. The molecule has 0 saturated heterocycles. The first kappa shape index (κ1) is 28.0. The minimum Gasteiger partial charge on any atom is -0.355 e. The Morgan fingerprint density at radius 1 is 0.714 bits per heavy atom. The highest BCUT2D eigenvalue weighted by Gasteiger charge is 2.07. The van der Waals surface area contributed by atoms with Crippen molar-refractivity contribution < 1.29 is 0 Å². The monoisotopic (exact) mass is 501 g/mol. The lowest BCUT2D eigenvalue weighted by atomic mass is 9.96. The zero-order valence-electron chi connectivity index (χ0n) is 20.9. The van der Waals surface area contributed by atoms with Gasteiger partial charge in [-0.15, -0.1) is 0 Å².